The van der Waals surface area contributed by atoms with Gasteiger partial charge in [-0.2, -0.15) is 0 Å². The van der Waals surface area contributed by atoms with Gasteiger partial charge in [-0.1, -0.05) is 0 Å². The van der Waals surface area contributed by atoms with Crippen LogP contribution in [0.5, 0.6) is 0 Å². The van der Waals surface area contributed by atoms with Crippen molar-refractivity contribution in [1.82, 2.24) is 0 Å². The van der Waals surface area contributed by atoms with Gasteiger partial charge in [-0.15, -0.1) is 0 Å². The van der Waals surface area contributed by atoms with Gasteiger partial charge in [0.1, 0.15) is 0 Å². The van der Waals surface area contributed by atoms with Crippen molar-refractivity contribution in [3.05, 3.63) is 0 Å². The Bertz CT molecular complexity index is 26.3. The van der Waals surface area contributed by atoms with Crippen LogP contribution in [0.25, 0.3) is 0 Å². The molecule has 0 radical (unpaired) electrons. The first-order valence-electron chi connectivity index (χ1n) is 0.500. The van der Waals surface area contributed by atoms with E-state index in [1.165, 1.54) is 0 Å². The Morgan fingerprint density at radius 2 is 1.50 bits per heavy atom. The third kappa shape index (κ3) is 55.4. The summed E-state index contributed by atoms with van der Waals surface area (Å²) in [4.78, 5) is 0. The molecular weight excluding hydrogens is 100.0 g/mol. The molecule has 0 aromatic rings. The standard InChI is InChI=1S/Cr.3O/q;;2*-1. The van der Waals surface area contributed by atoms with E-state index in [2.05, 4.69) is 0 Å². The van der Waals surface area contributed by atoms with Crippen LogP contribution in [-0.4, -0.2) is 0 Å². The molecule has 0 spiro atoms. The summed E-state index contributed by atoms with van der Waals surface area (Å²) in [5.74, 6) is 0. The summed E-state index contributed by atoms with van der Waals surface area (Å²) < 4.78 is 25.6. The molecule has 4 heavy (non-hydrogen) atoms. The average molecular weight is 100.0 g/mol. The van der Waals surface area contributed by atoms with Gasteiger partial charge in [0, 0.05) is 0 Å². The fourth-order valence-electron chi connectivity index (χ4n) is 0. The van der Waals surface area contributed by atoms with Gasteiger partial charge in [0.25, 0.3) is 0 Å². The summed E-state index contributed by atoms with van der Waals surface area (Å²) in [7, 11) is 0. The topological polar surface area (TPSA) is 63.2 Å². The summed E-state index contributed by atoms with van der Waals surface area (Å²) in [6.45, 7) is 0. The van der Waals surface area contributed by atoms with E-state index in [1.807, 2.05) is 0 Å². The molecule has 0 aliphatic carbocycles. The van der Waals surface area contributed by atoms with Gasteiger partial charge in [-0.05, 0) is 0 Å². The minimum absolute atomic E-state index is 3.79. The van der Waals surface area contributed by atoms with E-state index in [0.717, 1.165) is 0 Å². The molecule has 0 saturated heterocycles. The number of hydrogen-bond donors (Lipinski definition) is 0. The van der Waals surface area contributed by atoms with Crippen LogP contribution < -0.4 is 8.32 Å². The van der Waals surface area contributed by atoms with Crippen LogP contribution in [0.2, 0.25) is 0 Å². The predicted molar refractivity (Wildman–Crippen MR) is 0.686 cm³/mol. The molecule has 0 fully saturated rings. The van der Waals surface area contributed by atoms with Crippen LogP contribution in [0.4, 0.5) is 0 Å². The molecule has 0 saturated carbocycles. The van der Waals surface area contributed by atoms with E-state index in [0.29, 0.717) is 0 Å². The molecule has 0 N–H and O–H groups in total. The Morgan fingerprint density at radius 3 is 1.50 bits per heavy atom. The van der Waals surface area contributed by atoms with Gasteiger partial charge < -0.3 is 0 Å². The summed E-state index contributed by atoms with van der Waals surface area (Å²) in [5, 5.41) is 0. The van der Waals surface area contributed by atoms with E-state index >= 15 is 0 Å². The van der Waals surface area contributed by atoms with Crippen molar-refractivity contribution in [2.75, 3.05) is 0 Å². The zero-order chi connectivity index (χ0) is 3.58. The number of hydrogen-bond acceptors (Lipinski definition) is 3. The van der Waals surface area contributed by atoms with Crippen LogP contribution in [0.15, 0.2) is 0 Å². The van der Waals surface area contributed by atoms with E-state index < -0.39 is 14.8 Å². The first-order valence-corrected chi connectivity index (χ1v) is 2.06. The molecule has 4 heteroatoms. The van der Waals surface area contributed by atoms with Gasteiger partial charge >= 0.3 is 26.9 Å². The third-order valence-electron chi connectivity index (χ3n) is 0. The van der Waals surface area contributed by atoms with Gasteiger partial charge in [-0.25, -0.2) is 0 Å². The molecule has 0 rings (SSSR count). The quantitative estimate of drug-likeness (QED) is 0.338. The Kier molecular flexibility index (Phi) is 1.66. The normalized spacial score (nSPS) is 8.75. The summed E-state index contributed by atoms with van der Waals surface area (Å²) in [6, 6.07) is 0. The Labute approximate surface area is 27.8 Å². The maximum absolute atomic E-state index is 8.54. The van der Waals surface area contributed by atoms with Crippen molar-refractivity contribution in [1.29, 1.82) is 0 Å². The molecule has 0 aliphatic heterocycles. The van der Waals surface area contributed by atoms with Gasteiger partial charge in [0.05, 0.1) is 0 Å². The van der Waals surface area contributed by atoms with E-state index in [1.54, 1.807) is 0 Å². The first-order chi connectivity index (χ1) is 1.73. The van der Waals surface area contributed by atoms with Crippen molar-refractivity contribution in [2.24, 2.45) is 0 Å². The fourth-order valence-corrected chi connectivity index (χ4v) is 0. The molecule has 0 amide bonds. The van der Waals surface area contributed by atoms with Crippen molar-refractivity contribution >= 4 is 0 Å². The van der Waals surface area contributed by atoms with Crippen LogP contribution in [-0.2, 0) is 18.6 Å². The third-order valence-corrected chi connectivity index (χ3v) is 0. The Hall–Kier alpha value is 0.252. The molecule has 3 nitrogen and oxygen atoms in total. The maximum atomic E-state index is 8.54. The Morgan fingerprint density at radius 1 is 1.50 bits per heavy atom. The minimum atomic E-state index is -3.79. The molecule has 0 aliphatic rings. The second kappa shape index (κ2) is 1.56. The summed E-state index contributed by atoms with van der Waals surface area (Å²) >= 11 is -3.79. The van der Waals surface area contributed by atoms with Crippen LogP contribution in [0, 0.1) is 0 Å². The molecule has 26 valence electrons. The van der Waals surface area contributed by atoms with E-state index in [-0.39, 0.29) is 0 Å². The van der Waals surface area contributed by atoms with Gasteiger partial charge in [0.15, 0.2) is 0 Å². The SMILES string of the molecule is [O]=[Cr]([O-])[O-]. The second-order valence-corrected chi connectivity index (χ2v) is 0.842. The molecule has 0 atom stereocenters. The molecular formula is CrO3-2. The summed E-state index contributed by atoms with van der Waals surface area (Å²) in [5.41, 5.74) is 0. The number of rotatable bonds is 0. The van der Waals surface area contributed by atoms with Crippen molar-refractivity contribution in [3.8, 4) is 0 Å². The molecule has 0 bridgehead atoms. The molecule has 0 aromatic heterocycles. The fraction of sp³-hybridized carbons (Fsp3) is 0. The van der Waals surface area contributed by atoms with E-state index in [4.69, 9.17) is 12.1 Å². The molecule has 0 heterocycles. The molecule has 0 aromatic carbocycles. The first kappa shape index (κ1) is 4.25. The zero-order valence-corrected chi connectivity index (χ0v) is 2.91. The van der Waals surface area contributed by atoms with Crippen molar-refractivity contribution < 1.29 is 26.9 Å². The van der Waals surface area contributed by atoms with Crippen LogP contribution in [0.3, 0.4) is 0 Å². The second-order valence-electron chi connectivity index (χ2n) is 0.204. The van der Waals surface area contributed by atoms with Crippen molar-refractivity contribution in [2.45, 2.75) is 0 Å². The summed E-state index contributed by atoms with van der Waals surface area (Å²) in [6.07, 6.45) is 0. The Balaban J connectivity index is 2.80. The zero-order valence-electron chi connectivity index (χ0n) is 1.63. The van der Waals surface area contributed by atoms with Gasteiger partial charge in [-0.3, -0.25) is 0 Å². The van der Waals surface area contributed by atoms with E-state index in [9.17, 15) is 0 Å². The monoisotopic (exact) mass is 99.9 g/mol. The molecule has 0 unspecified atom stereocenters. The van der Waals surface area contributed by atoms with Crippen molar-refractivity contribution in [3.63, 3.8) is 0 Å². The predicted octanol–water partition coefficient (Wildman–Crippen LogP) is -2.50. The van der Waals surface area contributed by atoms with Crippen LogP contribution in [0.1, 0.15) is 0 Å². The van der Waals surface area contributed by atoms with Gasteiger partial charge in [0.2, 0.25) is 0 Å². The van der Waals surface area contributed by atoms with Crippen LogP contribution >= 0.6 is 0 Å². The average Bonchev–Trinajstić information content (AvgIpc) is 0.811.